The predicted molar refractivity (Wildman–Crippen MR) is 97.7 cm³/mol. The van der Waals surface area contributed by atoms with Crippen molar-refractivity contribution in [3.8, 4) is 5.82 Å². The Labute approximate surface area is 156 Å². The van der Waals surface area contributed by atoms with Gasteiger partial charge in [-0.25, -0.2) is 14.5 Å². The molecular formula is C19H22N4O4. The van der Waals surface area contributed by atoms with E-state index >= 15 is 0 Å². The normalized spacial score (nSPS) is 18.6. The van der Waals surface area contributed by atoms with Crippen molar-refractivity contribution < 1.29 is 19.4 Å². The van der Waals surface area contributed by atoms with E-state index in [1.54, 1.807) is 6.20 Å². The van der Waals surface area contributed by atoms with Crippen LogP contribution in [0.15, 0.2) is 36.5 Å². The number of hydrogen-bond acceptors (Lipinski definition) is 5. The molecule has 0 fully saturated rings. The Morgan fingerprint density at radius 3 is 2.81 bits per heavy atom. The van der Waals surface area contributed by atoms with Crippen LogP contribution in [-0.4, -0.2) is 51.0 Å². The number of aliphatic carboxylic acids is 1. The molecule has 2 N–H and O–H groups in total. The summed E-state index contributed by atoms with van der Waals surface area (Å²) in [5.74, 6) is -0.511. The number of aryl methyl sites for hydroxylation is 1. The zero-order valence-corrected chi connectivity index (χ0v) is 15.3. The number of carboxylic acid groups (broad SMARTS) is 1. The molecular weight excluding hydrogens is 348 g/mol. The van der Waals surface area contributed by atoms with Crippen molar-refractivity contribution in [1.82, 2.24) is 20.1 Å². The average Bonchev–Trinajstić information content (AvgIpc) is 3.19. The number of aromatic nitrogens is 3. The molecule has 0 saturated heterocycles. The number of carboxylic acids is 1. The van der Waals surface area contributed by atoms with Gasteiger partial charge in [-0.1, -0.05) is 18.2 Å². The standard InChI is InChI=1S/C19H22N4O4/c1-12-19(13(2)23(22-12)16-5-3-4-8-20-16)14-6-7-15(9-14)21-17(24)10-27-11-18(25)26/h3-8,14-15H,9-11H2,1-2H3,(H,21,24)(H,25,26)/t14-,15-/m1/s1. The number of carbonyl (C=O) groups is 2. The Morgan fingerprint density at radius 1 is 1.30 bits per heavy atom. The van der Waals surface area contributed by atoms with E-state index in [4.69, 9.17) is 9.84 Å². The summed E-state index contributed by atoms with van der Waals surface area (Å²) in [7, 11) is 0. The fourth-order valence-electron chi connectivity index (χ4n) is 3.39. The summed E-state index contributed by atoms with van der Waals surface area (Å²) < 4.78 is 6.65. The highest BCUT2D eigenvalue weighted by Gasteiger charge is 2.27. The molecule has 0 unspecified atom stereocenters. The number of ether oxygens (including phenoxy) is 1. The molecule has 0 saturated carbocycles. The van der Waals surface area contributed by atoms with Gasteiger partial charge in [0.05, 0.1) is 5.69 Å². The summed E-state index contributed by atoms with van der Waals surface area (Å²) in [6.07, 6.45) is 6.48. The van der Waals surface area contributed by atoms with Crippen LogP contribution in [0.25, 0.3) is 5.82 Å². The van der Waals surface area contributed by atoms with E-state index in [-0.39, 0.29) is 24.5 Å². The van der Waals surface area contributed by atoms with Crippen LogP contribution in [-0.2, 0) is 14.3 Å². The summed E-state index contributed by atoms with van der Waals surface area (Å²) in [6.45, 7) is 3.24. The number of carbonyl (C=O) groups excluding carboxylic acids is 1. The molecule has 2 heterocycles. The topological polar surface area (TPSA) is 106 Å². The molecule has 2 aromatic heterocycles. The van der Waals surface area contributed by atoms with Crippen LogP contribution in [0.3, 0.4) is 0 Å². The lowest BCUT2D eigenvalue weighted by molar-refractivity contribution is -0.143. The van der Waals surface area contributed by atoms with E-state index in [0.29, 0.717) is 0 Å². The Morgan fingerprint density at radius 2 is 2.11 bits per heavy atom. The number of nitrogens with one attached hydrogen (secondary N) is 1. The third-order valence-corrected chi connectivity index (χ3v) is 4.47. The number of nitrogens with zero attached hydrogens (tertiary/aromatic N) is 3. The van der Waals surface area contributed by atoms with Crippen LogP contribution in [0.4, 0.5) is 0 Å². The van der Waals surface area contributed by atoms with E-state index in [1.807, 2.05) is 42.8 Å². The van der Waals surface area contributed by atoms with Gasteiger partial charge >= 0.3 is 5.97 Å². The van der Waals surface area contributed by atoms with Crippen molar-refractivity contribution in [2.75, 3.05) is 13.2 Å². The van der Waals surface area contributed by atoms with Gasteiger partial charge in [-0.2, -0.15) is 5.10 Å². The molecule has 0 aromatic carbocycles. The average molecular weight is 370 g/mol. The molecule has 1 aliphatic carbocycles. The number of amides is 1. The van der Waals surface area contributed by atoms with Crippen molar-refractivity contribution >= 4 is 11.9 Å². The first-order valence-electron chi connectivity index (χ1n) is 8.70. The largest absolute Gasteiger partial charge is 0.480 e. The third kappa shape index (κ3) is 4.40. The van der Waals surface area contributed by atoms with Crippen LogP contribution in [0.5, 0.6) is 0 Å². The lowest BCUT2D eigenvalue weighted by Crippen LogP contribution is -2.35. The van der Waals surface area contributed by atoms with Crippen molar-refractivity contribution in [2.24, 2.45) is 0 Å². The molecule has 1 amide bonds. The second-order valence-corrected chi connectivity index (χ2v) is 6.47. The first kappa shape index (κ1) is 18.8. The van der Waals surface area contributed by atoms with Crippen molar-refractivity contribution in [2.45, 2.75) is 32.2 Å². The number of pyridine rings is 1. The second-order valence-electron chi connectivity index (χ2n) is 6.47. The maximum atomic E-state index is 11.9. The molecule has 2 aromatic rings. The maximum Gasteiger partial charge on any atom is 0.329 e. The number of rotatable bonds is 7. The van der Waals surface area contributed by atoms with Gasteiger partial charge in [0.1, 0.15) is 13.2 Å². The SMILES string of the molecule is Cc1nn(-c2ccccn2)c(C)c1[C@@H]1C=C[C@@H](NC(=O)COCC(=O)O)C1. The smallest absolute Gasteiger partial charge is 0.329 e. The van der Waals surface area contributed by atoms with Crippen LogP contribution in [0.1, 0.15) is 29.3 Å². The van der Waals surface area contributed by atoms with E-state index in [0.717, 1.165) is 29.2 Å². The Bertz CT molecular complexity index is 860. The molecule has 0 bridgehead atoms. The summed E-state index contributed by atoms with van der Waals surface area (Å²) >= 11 is 0. The van der Waals surface area contributed by atoms with Gasteiger partial charge in [-0.05, 0) is 32.4 Å². The molecule has 1 aliphatic rings. The molecule has 142 valence electrons. The van der Waals surface area contributed by atoms with Crippen molar-refractivity contribution in [3.05, 3.63) is 53.5 Å². The zero-order chi connectivity index (χ0) is 19.4. The quantitative estimate of drug-likeness (QED) is 0.716. The molecule has 8 nitrogen and oxygen atoms in total. The minimum Gasteiger partial charge on any atom is -0.480 e. The molecule has 27 heavy (non-hydrogen) atoms. The molecule has 2 atom stereocenters. The summed E-state index contributed by atoms with van der Waals surface area (Å²) in [5, 5.41) is 16.0. The number of hydrogen-bond donors (Lipinski definition) is 2. The van der Waals surface area contributed by atoms with Crippen molar-refractivity contribution in [1.29, 1.82) is 0 Å². The summed E-state index contributed by atoms with van der Waals surface area (Å²) in [5.41, 5.74) is 3.10. The molecule has 8 heteroatoms. The van der Waals surface area contributed by atoms with E-state index in [2.05, 4.69) is 21.5 Å². The zero-order valence-electron chi connectivity index (χ0n) is 15.3. The minimum absolute atomic E-state index is 0.118. The van der Waals surface area contributed by atoms with Gasteiger partial charge in [0.15, 0.2) is 5.82 Å². The Kier molecular flexibility index (Phi) is 5.66. The van der Waals surface area contributed by atoms with E-state index < -0.39 is 12.6 Å². The van der Waals surface area contributed by atoms with Crippen LogP contribution >= 0.6 is 0 Å². The van der Waals surface area contributed by atoms with Crippen LogP contribution in [0.2, 0.25) is 0 Å². The van der Waals surface area contributed by atoms with Gasteiger partial charge < -0.3 is 15.2 Å². The highest BCUT2D eigenvalue weighted by Crippen LogP contribution is 2.33. The Hall–Kier alpha value is -3.00. The molecule has 0 radical (unpaired) electrons. The summed E-state index contributed by atoms with van der Waals surface area (Å²) in [4.78, 5) is 26.6. The van der Waals surface area contributed by atoms with Gasteiger partial charge in [0.2, 0.25) is 5.91 Å². The highest BCUT2D eigenvalue weighted by atomic mass is 16.5. The lowest BCUT2D eigenvalue weighted by atomic mass is 9.96. The third-order valence-electron chi connectivity index (χ3n) is 4.47. The predicted octanol–water partition coefficient (Wildman–Crippen LogP) is 1.51. The van der Waals surface area contributed by atoms with Gasteiger partial charge in [-0.3, -0.25) is 4.79 Å². The number of allylic oxidation sites excluding steroid dienone is 1. The van der Waals surface area contributed by atoms with E-state index in [9.17, 15) is 9.59 Å². The molecule has 3 rings (SSSR count). The summed E-state index contributed by atoms with van der Waals surface area (Å²) in [6, 6.07) is 5.58. The highest BCUT2D eigenvalue weighted by molar-refractivity contribution is 5.78. The first-order valence-corrected chi connectivity index (χ1v) is 8.70. The lowest BCUT2D eigenvalue weighted by Gasteiger charge is -2.14. The fraction of sp³-hybridized carbons (Fsp3) is 0.368. The molecule has 0 aliphatic heterocycles. The second kappa shape index (κ2) is 8.13. The van der Waals surface area contributed by atoms with Gasteiger partial charge in [0, 0.05) is 29.4 Å². The van der Waals surface area contributed by atoms with Crippen LogP contribution in [0, 0.1) is 13.8 Å². The van der Waals surface area contributed by atoms with Gasteiger partial charge in [-0.15, -0.1) is 0 Å². The van der Waals surface area contributed by atoms with Crippen LogP contribution < -0.4 is 5.32 Å². The minimum atomic E-state index is -1.10. The first-order chi connectivity index (χ1) is 13.0. The van der Waals surface area contributed by atoms with Crippen molar-refractivity contribution in [3.63, 3.8) is 0 Å². The molecule has 0 spiro atoms. The van der Waals surface area contributed by atoms with E-state index in [1.165, 1.54) is 0 Å². The fourth-order valence-corrected chi connectivity index (χ4v) is 3.39. The Balaban J connectivity index is 1.64. The monoisotopic (exact) mass is 370 g/mol. The van der Waals surface area contributed by atoms with Gasteiger partial charge in [0.25, 0.3) is 0 Å². The maximum absolute atomic E-state index is 11.9.